The van der Waals surface area contributed by atoms with Gasteiger partial charge in [-0.25, -0.2) is 9.37 Å². The van der Waals surface area contributed by atoms with Crippen molar-refractivity contribution in [1.82, 2.24) is 19.7 Å². The van der Waals surface area contributed by atoms with Gasteiger partial charge >= 0.3 is 0 Å². The van der Waals surface area contributed by atoms with Gasteiger partial charge in [0, 0.05) is 24.0 Å². The van der Waals surface area contributed by atoms with Crippen LogP contribution in [0, 0.1) is 5.82 Å². The molecule has 0 aliphatic carbocycles. The lowest BCUT2D eigenvalue weighted by atomic mass is 10.0. The van der Waals surface area contributed by atoms with E-state index < -0.39 is 0 Å². The Balaban J connectivity index is 1.61. The second kappa shape index (κ2) is 9.11. The van der Waals surface area contributed by atoms with E-state index >= 15 is 0 Å². The summed E-state index contributed by atoms with van der Waals surface area (Å²) in [6, 6.07) is 6.40. The molecule has 1 aliphatic rings. The zero-order valence-electron chi connectivity index (χ0n) is 18.7. The van der Waals surface area contributed by atoms with E-state index in [0.717, 1.165) is 40.4 Å². The molecule has 3 aromatic rings. The summed E-state index contributed by atoms with van der Waals surface area (Å²) in [5.74, 6) is -0.242. The van der Waals surface area contributed by atoms with Gasteiger partial charge in [0.2, 0.25) is 5.91 Å². The van der Waals surface area contributed by atoms with Crippen LogP contribution in [-0.2, 0) is 16.8 Å². The molecule has 1 atom stereocenters. The highest BCUT2D eigenvalue weighted by atomic mass is 32.1. The number of hydrogen-bond acceptors (Lipinski definition) is 5. The van der Waals surface area contributed by atoms with Gasteiger partial charge in [-0.1, -0.05) is 0 Å². The Morgan fingerprint density at radius 3 is 2.69 bits per heavy atom. The molecule has 1 aliphatic heterocycles. The predicted molar refractivity (Wildman–Crippen MR) is 124 cm³/mol. The van der Waals surface area contributed by atoms with Gasteiger partial charge in [-0.15, -0.1) is 11.3 Å². The molecule has 1 N–H and O–H groups in total. The number of thiazole rings is 1. The molecule has 1 saturated heterocycles. The largest absolute Gasteiger partial charge is 0.393 e. The molecule has 0 saturated carbocycles. The molecule has 0 spiro atoms. The molecule has 170 valence electrons. The Morgan fingerprint density at radius 1 is 1.22 bits per heavy atom. The minimum absolute atomic E-state index is 0.0418. The van der Waals surface area contributed by atoms with E-state index in [2.05, 4.69) is 25.9 Å². The Morgan fingerprint density at radius 2 is 1.97 bits per heavy atom. The van der Waals surface area contributed by atoms with Gasteiger partial charge < -0.3 is 10.0 Å². The van der Waals surface area contributed by atoms with Gasteiger partial charge in [0.15, 0.2) is 0 Å². The average Bonchev–Trinajstić information content (AvgIpc) is 3.32. The number of aliphatic hydroxyl groups is 1. The van der Waals surface area contributed by atoms with Gasteiger partial charge in [0.05, 0.1) is 41.2 Å². The lowest BCUT2D eigenvalue weighted by Gasteiger charge is -2.23. The molecule has 8 heteroatoms. The van der Waals surface area contributed by atoms with Crippen LogP contribution in [0.4, 0.5) is 4.39 Å². The second-order valence-electron chi connectivity index (χ2n) is 9.28. The quantitative estimate of drug-likeness (QED) is 0.628. The monoisotopic (exact) mass is 456 g/mol. The number of carbonyl (C=O) groups excluding carboxylic acids is 1. The van der Waals surface area contributed by atoms with Crippen LogP contribution in [0.3, 0.4) is 0 Å². The summed E-state index contributed by atoms with van der Waals surface area (Å²) in [7, 11) is 0. The van der Waals surface area contributed by atoms with Crippen LogP contribution in [0.5, 0.6) is 0 Å². The average molecular weight is 457 g/mol. The molecule has 4 rings (SSSR count). The third-order valence-electron chi connectivity index (χ3n) is 5.69. The third kappa shape index (κ3) is 4.91. The Labute approximate surface area is 191 Å². The summed E-state index contributed by atoms with van der Waals surface area (Å²) in [6.45, 7) is 7.48. The van der Waals surface area contributed by atoms with Gasteiger partial charge in [0.1, 0.15) is 10.8 Å². The smallest absolute Gasteiger partial charge is 0.228 e. The standard InChI is InChI=1S/C24H29FN4O2S/c1-24(2,3)29-22(16-6-8-17(25)9-7-16)20(14-26-29)23-27-18(15-32-23)13-21(31)28-11-4-5-19(30)10-12-28/h6-9,14-15,19,30H,4-5,10-13H2,1-3H3. The number of rotatable bonds is 4. The fourth-order valence-electron chi connectivity index (χ4n) is 4.01. The minimum atomic E-state index is -0.317. The number of nitrogens with zero attached hydrogens (tertiary/aromatic N) is 4. The fourth-order valence-corrected chi connectivity index (χ4v) is 4.84. The number of amides is 1. The highest BCUT2D eigenvalue weighted by Gasteiger charge is 2.25. The van der Waals surface area contributed by atoms with Gasteiger partial charge in [-0.3, -0.25) is 9.48 Å². The van der Waals surface area contributed by atoms with Crippen molar-refractivity contribution in [2.75, 3.05) is 13.1 Å². The summed E-state index contributed by atoms with van der Waals surface area (Å²) in [5.41, 5.74) is 3.08. The van der Waals surface area contributed by atoms with E-state index in [9.17, 15) is 14.3 Å². The zero-order chi connectivity index (χ0) is 22.9. The van der Waals surface area contributed by atoms with Crippen molar-refractivity contribution in [3.8, 4) is 21.8 Å². The van der Waals surface area contributed by atoms with Crippen LogP contribution in [0.1, 0.15) is 45.7 Å². The normalized spacial score (nSPS) is 17.4. The molecule has 2 aromatic heterocycles. The fraction of sp³-hybridized carbons (Fsp3) is 0.458. The SMILES string of the molecule is CC(C)(C)n1ncc(-c2nc(CC(=O)N3CCCC(O)CC3)cs2)c1-c1ccc(F)cc1. The molecule has 0 radical (unpaired) electrons. The first kappa shape index (κ1) is 22.6. The highest BCUT2D eigenvalue weighted by molar-refractivity contribution is 7.13. The Hall–Kier alpha value is -2.58. The summed E-state index contributed by atoms with van der Waals surface area (Å²) in [5, 5.41) is 17.1. The van der Waals surface area contributed by atoms with Crippen molar-refractivity contribution >= 4 is 17.2 Å². The third-order valence-corrected chi connectivity index (χ3v) is 6.61. The molecular weight excluding hydrogens is 427 g/mol. The number of hydrogen-bond donors (Lipinski definition) is 1. The van der Waals surface area contributed by atoms with Crippen LogP contribution in [0.15, 0.2) is 35.8 Å². The van der Waals surface area contributed by atoms with E-state index in [0.29, 0.717) is 19.5 Å². The molecule has 1 fully saturated rings. The number of aromatic nitrogens is 3. The van der Waals surface area contributed by atoms with E-state index in [1.165, 1.54) is 23.5 Å². The number of benzene rings is 1. The number of likely N-dealkylation sites (tertiary alicyclic amines) is 1. The summed E-state index contributed by atoms with van der Waals surface area (Å²) < 4.78 is 15.5. The van der Waals surface area contributed by atoms with Crippen LogP contribution in [0.2, 0.25) is 0 Å². The lowest BCUT2D eigenvalue weighted by Crippen LogP contribution is -2.33. The maximum Gasteiger partial charge on any atom is 0.228 e. The van der Waals surface area contributed by atoms with Crippen molar-refractivity contribution in [3.63, 3.8) is 0 Å². The van der Waals surface area contributed by atoms with Gasteiger partial charge in [0.25, 0.3) is 0 Å². The number of carbonyl (C=O) groups is 1. The molecule has 6 nitrogen and oxygen atoms in total. The molecular formula is C24H29FN4O2S. The number of aliphatic hydroxyl groups excluding tert-OH is 1. The van der Waals surface area contributed by atoms with E-state index in [-0.39, 0.29) is 29.8 Å². The van der Waals surface area contributed by atoms with E-state index in [4.69, 9.17) is 4.98 Å². The molecule has 3 heterocycles. The maximum atomic E-state index is 13.5. The highest BCUT2D eigenvalue weighted by Crippen LogP contribution is 2.36. The second-order valence-corrected chi connectivity index (χ2v) is 10.1. The molecule has 1 aromatic carbocycles. The van der Waals surface area contributed by atoms with Crippen LogP contribution in [-0.4, -0.2) is 49.9 Å². The van der Waals surface area contributed by atoms with Crippen molar-refractivity contribution in [2.45, 2.75) is 58.1 Å². The maximum absolute atomic E-state index is 13.5. The van der Waals surface area contributed by atoms with Crippen molar-refractivity contribution < 1.29 is 14.3 Å². The first-order valence-corrected chi connectivity index (χ1v) is 11.9. The zero-order valence-corrected chi connectivity index (χ0v) is 19.5. The van der Waals surface area contributed by atoms with Crippen LogP contribution >= 0.6 is 11.3 Å². The first-order valence-electron chi connectivity index (χ1n) is 11.0. The van der Waals surface area contributed by atoms with Crippen molar-refractivity contribution in [3.05, 3.63) is 47.4 Å². The molecule has 0 bridgehead atoms. The summed E-state index contributed by atoms with van der Waals surface area (Å²) in [4.78, 5) is 19.4. The molecule has 1 unspecified atom stereocenters. The first-order chi connectivity index (χ1) is 15.2. The summed E-state index contributed by atoms with van der Waals surface area (Å²) in [6.07, 6.45) is 3.91. The van der Waals surface area contributed by atoms with Crippen LogP contribution < -0.4 is 0 Å². The van der Waals surface area contributed by atoms with Gasteiger partial charge in [-0.05, 0) is 64.3 Å². The Bertz CT molecular complexity index is 1080. The predicted octanol–water partition coefficient (Wildman–Crippen LogP) is 4.48. The number of halogens is 1. The van der Waals surface area contributed by atoms with Gasteiger partial charge in [-0.2, -0.15) is 5.10 Å². The van der Waals surface area contributed by atoms with Crippen LogP contribution in [0.25, 0.3) is 21.8 Å². The van der Waals surface area contributed by atoms with Crippen molar-refractivity contribution in [1.29, 1.82) is 0 Å². The molecule has 1 amide bonds. The van der Waals surface area contributed by atoms with Crippen molar-refractivity contribution in [2.24, 2.45) is 0 Å². The molecule has 32 heavy (non-hydrogen) atoms. The lowest BCUT2D eigenvalue weighted by molar-refractivity contribution is -0.130. The minimum Gasteiger partial charge on any atom is -0.393 e. The van der Waals surface area contributed by atoms with E-state index in [1.54, 1.807) is 18.3 Å². The Kier molecular flexibility index (Phi) is 6.44. The summed E-state index contributed by atoms with van der Waals surface area (Å²) >= 11 is 1.48. The van der Waals surface area contributed by atoms with E-state index in [1.807, 2.05) is 15.0 Å². The topological polar surface area (TPSA) is 71.2 Å².